The van der Waals surface area contributed by atoms with Crippen molar-refractivity contribution in [2.75, 3.05) is 25.1 Å². The predicted octanol–water partition coefficient (Wildman–Crippen LogP) is 7.15. The van der Waals surface area contributed by atoms with Crippen LogP contribution in [-0.4, -0.2) is 29.7 Å². The smallest absolute Gasteiger partial charge is 0.329 e. The average molecular weight is 436 g/mol. The molecule has 0 spiro atoms. The van der Waals surface area contributed by atoms with E-state index in [2.05, 4.69) is 17.2 Å². The Morgan fingerprint density at radius 2 is 1.63 bits per heavy atom. The highest BCUT2D eigenvalue weighted by molar-refractivity contribution is 6.33. The fraction of sp³-hybridized carbons (Fsp3) is 0.609. The first-order chi connectivity index (χ1) is 14.6. The number of rotatable bonds is 16. The van der Waals surface area contributed by atoms with E-state index in [4.69, 9.17) is 16.3 Å². The quantitative estimate of drug-likeness (QED) is 0.131. The van der Waals surface area contributed by atoms with Crippen molar-refractivity contribution in [3.8, 4) is 0 Å². The Balaban J connectivity index is 1.64. The van der Waals surface area contributed by atoms with Gasteiger partial charge in [-0.05, 0) is 25.3 Å². The summed E-state index contributed by atoms with van der Waals surface area (Å²) in [4.78, 5) is 15.1. The Morgan fingerprint density at radius 1 is 1.00 bits per heavy atom. The van der Waals surface area contributed by atoms with Crippen LogP contribution in [0.25, 0.3) is 10.9 Å². The fourth-order valence-electron chi connectivity index (χ4n) is 3.50. The third-order valence-electron chi connectivity index (χ3n) is 5.17. The molecule has 0 atom stereocenters. The number of para-hydroxylation sites is 1. The summed E-state index contributed by atoms with van der Waals surface area (Å²) in [5.74, 6) is 0. The van der Waals surface area contributed by atoms with Crippen molar-refractivity contribution >= 4 is 33.9 Å². The molecule has 0 saturated heterocycles. The summed E-state index contributed by atoms with van der Waals surface area (Å²) < 4.78 is 5.71. The molecule has 0 bridgehead atoms. The van der Waals surface area contributed by atoms with E-state index in [1.165, 1.54) is 32.1 Å². The zero-order valence-corrected chi connectivity index (χ0v) is 18.8. The Hall–Kier alpha value is -1.92. The number of nitrogens with one attached hydrogen (secondary N) is 1. The van der Waals surface area contributed by atoms with E-state index in [1.54, 1.807) is 6.07 Å². The third kappa shape index (κ3) is 8.07. The number of unbranched alkanes of at least 4 members (excludes halogenated alkanes) is 8. The molecule has 0 unspecified atom stereocenters. The van der Waals surface area contributed by atoms with Crippen LogP contribution in [0.1, 0.15) is 71.1 Å². The number of halogens is 1. The molecule has 1 heterocycles. The number of aromatic nitrogens is 1. The lowest BCUT2D eigenvalue weighted by Crippen LogP contribution is -2.06. The second-order valence-corrected chi connectivity index (χ2v) is 7.98. The molecule has 30 heavy (non-hydrogen) atoms. The van der Waals surface area contributed by atoms with Crippen LogP contribution in [0.3, 0.4) is 0 Å². The van der Waals surface area contributed by atoms with Gasteiger partial charge in [-0.2, -0.15) is 0 Å². The molecule has 0 fully saturated rings. The topological polar surface area (TPSA) is 77.3 Å². The van der Waals surface area contributed by atoms with E-state index in [-0.39, 0.29) is 10.8 Å². The molecular formula is C23H34ClN3O3. The predicted molar refractivity (Wildman–Crippen MR) is 125 cm³/mol. The van der Waals surface area contributed by atoms with Crippen molar-refractivity contribution in [1.29, 1.82) is 0 Å². The van der Waals surface area contributed by atoms with Crippen LogP contribution in [0.5, 0.6) is 0 Å². The number of hydrogen-bond donors (Lipinski definition) is 1. The molecule has 0 aliphatic rings. The van der Waals surface area contributed by atoms with Gasteiger partial charge in [0, 0.05) is 25.1 Å². The van der Waals surface area contributed by atoms with E-state index in [1.807, 2.05) is 18.2 Å². The Kier molecular flexibility index (Phi) is 11.5. The van der Waals surface area contributed by atoms with Crippen LogP contribution in [0.4, 0.5) is 11.4 Å². The summed E-state index contributed by atoms with van der Waals surface area (Å²) in [6.45, 7) is 4.58. The minimum absolute atomic E-state index is 0.0799. The van der Waals surface area contributed by atoms with Crippen molar-refractivity contribution in [2.45, 2.75) is 71.1 Å². The minimum atomic E-state index is -0.467. The Labute approximate surface area is 184 Å². The van der Waals surface area contributed by atoms with Crippen LogP contribution in [0.2, 0.25) is 5.15 Å². The zero-order chi connectivity index (χ0) is 21.6. The molecule has 2 rings (SSSR count). The fourth-order valence-corrected chi connectivity index (χ4v) is 3.75. The molecule has 1 N–H and O–H groups in total. The Bertz CT molecular complexity index is 786. The molecule has 0 amide bonds. The largest absolute Gasteiger partial charge is 0.381 e. The van der Waals surface area contributed by atoms with Gasteiger partial charge in [0.2, 0.25) is 5.15 Å². The SMILES string of the molecule is CCCCCCCCOCCCCCCNc1c([N+](=O)[O-])c(Cl)nc2ccccc12. The van der Waals surface area contributed by atoms with Crippen LogP contribution in [0.15, 0.2) is 24.3 Å². The van der Waals surface area contributed by atoms with Crippen molar-refractivity contribution < 1.29 is 9.66 Å². The number of ether oxygens (including phenoxy) is 1. The molecular weight excluding hydrogens is 402 g/mol. The van der Waals surface area contributed by atoms with E-state index in [0.29, 0.717) is 17.7 Å². The van der Waals surface area contributed by atoms with Crippen LogP contribution < -0.4 is 5.32 Å². The highest BCUT2D eigenvalue weighted by Gasteiger charge is 2.23. The summed E-state index contributed by atoms with van der Waals surface area (Å²) in [6.07, 6.45) is 11.9. The van der Waals surface area contributed by atoms with Gasteiger partial charge in [-0.15, -0.1) is 0 Å². The summed E-state index contributed by atoms with van der Waals surface area (Å²) in [7, 11) is 0. The zero-order valence-electron chi connectivity index (χ0n) is 18.0. The molecule has 0 saturated carbocycles. The Morgan fingerprint density at radius 3 is 2.33 bits per heavy atom. The number of hydrogen-bond acceptors (Lipinski definition) is 5. The van der Waals surface area contributed by atoms with Gasteiger partial charge in [0.15, 0.2) is 0 Å². The molecule has 0 radical (unpaired) electrons. The summed E-state index contributed by atoms with van der Waals surface area (Å²) in [5.41, 5.74) is 0.953. The molecule has 1 aromatic carbocycles. The maximum atomic E-state index is 11.5. The first-order valence-electron chi connectivity index (χ1n) is 11.2. The van der Waals surface area contributed by atoms with E-state index in [9.17, 15) is 10.1 Å². The van der Waals surface area contributed by atoms with Crippen LogP contribution in [0, 0.1) is 10.1 Å². The molecule has 1 aromatic heterocycles. The van der Waals surface area contributed by atoms with Gasteiger partial charge in [-0.25, -0.2) is 4.98 Å². The van der Waals surface area contributed by atoms with Gasteiger partial charge in [0.1, 0.15) is 5.69 Å². The third-order valence-corrected chi connectivity index (χ3v) is 5.43. The highest BCUT2D eigenvalue weighted by Crippen LogP contribution is 2.37. The number of nitrogens with zero attached hydrogens (tertiary/aromatic N) is 2. The number of nitro groups is 1. The number of pyridine rings is 1. The monoisotopic (exact) mass is 435 g/mol. The van der Waals surface area contributed by atoms with E-state index >= 15 is 0 Å². The first kappa shape index (κ1) is 24.4. The van der Waals surface area contributed by atoms with Gasteiger partial charge in [0.05, 0.1) is 10.4 Å². The molecule has 166 valence electrons. The molecule has 2 aromatic rings. The summed E-state index contributed by atoms with van der Waals surface area (Å²) in [5, 5.41) is 15.3. The second kappa shape index (κ2) is 14.1. The number of benzene rings is 1. The lowest BCUT2D eigenvalue weighted by molar-refractivity contribution is -0.384. The van der Waals surface area contributed by atoms with E-state index < -0.39 is 4.92 Å². The van der Waals surface area contributed by atoms with Crippen LogP contribution in [-0.2, 0) is 4.74 Å². The van der Waals surface area contributed by atoms with Crippen molar-refractivity contribution in [2.24, 2.45) is 0 Å². The summed E-state index contributed by atoms with van der Waals surface area (Å²) >= 11 is 6.06. The second-order valence-electron chi connectivity index (χ2n) is 7.62. The number of anilines is 1. The van der Waals surface area contributed by atoms with Gasteiger partial charge in [-0.1, -0.05) is 81.7 Å². The average Bonchev–Trinajstić information content (AvgIpc) is 2.73. The lowest BCUT2D eigenvalue weighted by Gasteiger charge is -2.11. The summed E-state index contributed by atoms with van der Waals surface area (Å²) in [6, 6.07) is 7.32. The highest BCUT2D eigenvalue weighted by atomic mass is 35.5. The maximum Gasteiger partial charge on any atom is 0.329 e. The normalized spacial score (nSPS) is 11.1. The van der Waals surface area contributed by atoms with Crippen LogP contribution >= 0.6 is 11.6 Å². The molecule has 6 nitrogen and oxygen atoms in total. The molecule has 0 aliphatic carbocycles. The molecule has 7 heteroatoms. The number of fused-ring (bicyclic) bond motifs is 1. The van der Waals surface area contributed by atoms with Gasteiger partial charge in [-0.3, -0.25) is 10.1 Å². The van der Waals surface area contributed by atoms with Gasteiger partial charge < -0.3 is 10.1 Å². The molecule has 0 aliphatic heterocycles. The van der Waals surface area contributed by atoms with Crippen molar-refractivity contribution in [3.05, 3.63) is 39.5 Å². The van der Waals surface area contributed by atoms with Gasteiger partial charge in [0.25, 0.3) is 0 Å². The standard InChI is InChI=1S/C23H34ClN3O3/c1-2-3-4-5-7-12-17-30-18-13-8-6-11-16-25-21-19-14-9-10-15-20(19)26-23(24)22(21)27(28)29/h9-10,14-15H,2-8,11-13,16-18H2,1H3,(H,25,26). The van der Waals surface area contributed by atoms with Gasteiger partial charge >= 0.3 is 5.69 Å². The first-order valence-corrected chi connectivity index (χ1v) is 11.6. The lowest BCUT2D eigenvalue weighted by atomic mass is 10.1. The van der Waals surface area contributed by atoms with E-state index in [0.717, 1.165) is 50.7 Å². The minimum Gasteiger partial charge on any atom is -0.381 e. The van der Waals surface area contributed by atoms with Crippen molar-refractivity contribution in [3.63, 3.8) is 0 Å². The maximum absolute atomic E-state index is 11.5. The van der Waals surface area contributed by atoms with Crippen molar-refractivity contribution in [1.82, 2.24) is 4.98 Å².